The van der Waals surface area contributed by atoms with E-state index in [0.29, 0.717) is 0 Å². The van der Waals surface area contributed by atoms with Crippen LogP contribution in [0.4, 0.5) is 4.39 Å². The summed E-state index contributed by atoms with van der Waals surface area (Å²) in [7, 11) is -3.69. The van der Waals surface area contributed by atoms with E-state index >= 15 is 0 Å². The van der Waals surface area contributed by atoms with Crippen molar-refractivity contribution in [2.75, 3.05) is 5.75 Å². The SMILES string of the molecule is Cc1cc(S(=O)(=O)CC(O)CC#N)ccc1F. The number of halogens is 1. The lowest BCUT2D eigenvalue weighted by molar-refractivity contribution is 0.202. The fourth-order valence-corrected chi connectivity index (χ4v) is 2.77. The van der Waals surface area contributed by atoms with Gasteiger partial charge in [0.1, 0.15) is 5.82 Å². The van der Waals surface area contributed by atoms with Crippen LogP contribution in [0.3, 0.4) is 0 Å². The number of nitrogens with zero attached hydrogens (tertiary/aromatic N) is 1. The molecule has 1 unspecified atom stereocenters. The molecule has 0 saturated carbocycles. The van der Waals surface area contributed by atoms with Gasteiger partial charge in [-0.25, -0.2) is 12.8 Å². The van der Waals surface area contributed by atoms with Crippen LogP contribution in [0.5, 0.6) is 0 Å². The summed E-state index contributed by atoms with van der Waals surface area (Å²) >= 11 is 0. The normalized spacial score (nSPS) is 13.1. The highest BCUT2D eigenvalue weighted by Gasteiger charge is 2.20. The predicted molar refractivity (Wildman–Crippen MR) is 59.4 cm³/mol. The number of sulfone groups is 1. The molecule has 1 aromatic carbocycles. The van der Waals surface area contributed by atoms with Gasteiger partial charge in [-0.15, -0.1) is 0 Å². The Morgan fingerprint density at radius 1 is 1.53 bits per heavy atom. The first kappa shape index (κ1) is 13.6. The van der Waals surface area contributed by atoms with E-state index in [2.05, 4.69) is 0 Å². The van der Waals surface area contributed by atoms with Crippen LogP contribution in [0, 0.1) is 24.1 Å². The van der Waals surface area contributed by atoms with Crippen LogP contribution in [-0.4, -0.2) is 25.4 Å². The van der Waals surface area contributed by atoms with Crippen molar-refractivity contribution in [2.45, 2.75) is 24.3 Å². The maximum absolute atomic E-state index is 13.0. The van der Waals surface area contributed by atoms with Gasteiger partial charge in [-0.1, -0.05) is 0 Å². The molecule has 4 nitrogen and oxygen atoms in total. The minimum atomic E-state index is -3.69. The summed E-state index contributed by atoms with van der Waals surface area (Å²) < 4.78 is 36.6. The molecule has 0 aromatic heterocycles. The minimum absolute atomic E-state index is 0.0478. The Morgan fingerprint density at radius 2 is 2.18 bits per heavy atom. The van der Waals surface area contributed by atoms with Crippen LogP contribution < -0.4 is 0 Å². The zero-order valence-corrected chi connectivity index (χ0v) is 10.0. The Balaban J connectivity index is 2.98. The van der Waals surface area contributed by atoms with Crippen LogP contribution >= 0.6 is 0 Å². The van der Waals surface area contributed by atoms with Gasteiger partial charge >= 0.3 is 0 Å². The standard InChI is InChI=1S/C11H12FNO3S/c1-8-6-10(2-3-11(8)12)17(15,16)7-9(14)4-5-13/h2-3,6,9,14H,4,7H2,1H3. The second-order valence-corrected chi connectivity index (χ2v) is 5.74. The van der Waals surface area contributed by atoms with Crippen molar-refractivity contribution >= 4 is 9.84 Å². The van der Waals surface area contributed by atoms with Gasteiger partial charge in [-0.05, 0) is 30.7 Å². The molecular formula is C11H12FNO3S. The molecule has 0 heterocycles. The minimum Gasteiger partial charge on any atom is -0.391 e. The highest BCUT2D eigenvalue weighted by Crippen LogP contribution is 2.16. The number of aliphatic hydroxyl groups is 1. The van der Waals surface area contributed by atoms with Crippen molar-refractivity contribution in [3.05, 3.63) is 29.6 Å². The lowest BCUT2D eigenvalue weighted by Crippen LogP contribution is -2.20. The lowest BCUT2D eigenvalue weighted by Gasteiger charge is -2.08. The molecule has 1 rings (SSSR count). The molecule has 17 heavy (non-hydrogen) atoms. The quantitative estimate of drug-likeness (QED) is 0.822. The topological polar surface area (TPSA) is 78.2 Å². The van der Waals surface area contributed by atoms with E-state index in [1.54, 1.807) is 6.07 Å². The molecule has 0 aliphatic heterocycles. The summed E-state index contributed by atoms with van der Waals surface area (Å²) in [6.07, 6.45) is -1.48. The highest BCUT2D eigenvalue weighted by atomic mass is 32.2. The maximum atomic E-state index is 13.0. The summed E-state index contributed by atoms with van der Waals surface area (Å²) in [6, 6.07) is 5.12. The number of aliphatic hydroxyl groups excluding tert-OH is 1. The molecule has 1 atom stereocenters. The van der Waals surface area contributed by atoms with Gasteiger partial charge in [0.05, 0.1) is 29.2 Å². The molecule has 6 heteroatoms. The third-order valence-corrected chi connectivity index (χ3v) is 4.02. The summed E-state index contributed by atoms with van der Waals surface area (Å²) in [6.45, 7) is 1.46. The van der Waals surface area contributed by atoms with E-state index in [1.807, 2.05) is 0 Å². The Bertz CT molecular complexity index is 548. The molecule has 0 amide bonds. The van der Waals surface area contributed by atoms with Crippen LogP contribution in [0.15, 0.2) is 23.1 Å². The first-order valence-corrected chi connectivity index (χ1v) is 6.56. The zero-order valence-electron chi connectivity index (χ0n) is 9.22. The maximum Gasteiger partial charge on any atom is 0.180 e. The number of nitriles is 1. The van der Waals surface area contributed by atoms with Crippen LogP contribution in [0.1, 0.15) is 12.0 Å². The van der Waals surface area contributed by atoms with E-state index in [-0.39, 0.29) is 16.9 Å². The fourth-order valence-electron chi connectivity index (χ4n) is 1.32. The zero-order chi connectivity index (χ0) is 13.1. The van der Waals surface area contributed by atoms with Crippen molar-refractivity contribution in [3.63, 3.8) is 0 Å². The van der Waals surface area contributed by atoms with Crippen LogP contribution in [0.25, 0.3) is 0 Å². The summed E-state index contributed by atoms with van der Waals surface area (Å²) in [4.78, 5) is -0.0478. The first-order valence-electron chi connectivity index (χ1n) is 4.91. The monoisotopic (exact) mass is 257 g/mol. The molecule has 0 aliphatic rings. The van der Waals surface area contributed by atoms with Gasteiger partial charge in [0.15, 0.2) is 9.84 Å². The van der Waals surface area contributed by atoms with Crippen molar-refractivity contribution in [2.24, 2.45) is 0 Å². The molecule has 0 saturated heterocycles. The van der Waals surface area contributed by atoms with Crippen molar-refractivity contribution in [1.82, 2.24) is 0 Å². The van der Waals surface area contributed by atoms with Gasteiger partial charge in [-0.2, -0.15) is 5.26 Å². The summed E-state index contributed by atoms with van der Waals surface area (Å²) in [5.41, 5.74) is 0.223. The fraction of sp³-hybridized carbons (Fsp3) is 0.364. The van der Waals surface area contributed by atoms with Crippen molar-refractivity contribution in [1.29, 1.82) is 5.26 Å². The van der Waals surface area contributed by atoms with Gasteiger partial charge in [0.25, 0.3) is 0 Å². The summed E-state index contributed by atoms with van der Waals surface area (Å²) in [5, 5.41) is 17.6. The number of aryl methyl sites for hydroxylation is 1. The Morgan fingerprint density at radius 3 is 2.71 bits per heavy atom. The largest absolute Gasteiger partial charge is 0.391 e. The molecular weight excluding hydrogens is 245 g/mol. The van der Waals surface area contributed by atoms with E-state index < -0.39 is 27.5 Å². The third-order valence-electron chi connectivity index (χ3n) is 2.23. The molecule has 0 aliphatic carbocycles. The van der Waals surface area contributed by atoms with Gasteiger partial charge < -0.3 is 5.11 Å². The molecule has 92 valence electrons. The van der Waals surface area contributed by atoms with Crippen LogP contribution in [0.2, 0.25) is 0 Å². The highest BCUT2D eigenvalue weighted by molar-refractivity contribution is 7.91. The van der Waals surface area contributed by atoms with E-state index in [1.165, 1.54) is 13.0 Å². The predicted octanol–water partition coefficient (Wildman–Crippen LogP) is 1.18. The Kier molecular flexibility index (Phi) is 4.21. The second kappa shape index (κ2) is 5.25. The number of rotatable bonds is 4. The molecule has 1 aromatic rings. The number of hydrogen-bond acceptors (Lipinski definition) is 4. The van der Waals surface area contributed by atoms with Gasteiger partial charge in [-0.3, -0.25) is 0 Å². The Hall–Kier alpha value is -1.45. The summed E-state index contributed by atoms with van der Waals surface area (Å²) in [5.74, 6) is -1.02. The number of benzene rings is 1. The van der Waals surface area contributed by atoms with Crippen molar-refractivity contribution < 1.29 is 17.9 Å². The number of hydrogen-bond donors (Lipinski definition) is 1. The Labute approximate surface area is 99.2 Å². The molecule has 0 radical (unpaired) electrons. The van der Waals surface area contributed by atoms with Gasteiger partial charge in [0, 0.05) is 0 Å². The van der Waals surface area contributed by atoms with Crippen LogP contribution in [-0.2, 0) is 9.84 Å². The van der Waals surface area contributed by atoms with E-state index in [0.717, 1.165) is 12.1 Å². The van der Waals surface area contributed by atoms with Crippen molar-refractivity contribution in [3.8, 4) is 6.07 Å². The molecule has 0 bridgehead atoms. The first-order chi connectivity index (χ1) is 7.86. The average molecular weight is 257 g/mol. The van der Waals surface area contributed by atoms with E-state index in [9.17, 15) is 17.9 Å². The average Bonchev–Trinajstić information content (AvgIpc) is 2.21. The smallest absolute Gasteiger partial charge is 0.180 e. The molecule has 0 spiro atoms. The lowest BCUT2D eigenvalue weighted by atomic mass is 10.2. The molecule has 1 N–H and O–H groups in total. The third kappa shape index (κ3) is 3.51. The second-order valence-electron chi connectivity index (χ2n) is 3.71. The van der Waals surface area contributed by atoms with E-state index in [4.69, 9.17) is 5.26 Å². The molecule has 0 fully saturated rings. The van der Waals surface area contributed by atoms with Gasteiger partial charge in [0.2, 0.25) is 0 Å².